The molecule has 24 heavy (non-hydrogen) atoms. The average Bonchev–Trinajstić information content (AvgIpc) is 2.47. The second-order valence-corrected chi connectivity index (χ2v) is 5.83. The van der Waals surface area contributed by atoms with Gasteiger partial charge in [-0.25, -0.2) is 4.79 Å². The molecule has 1 aromatic carbocycles. The molecule has 0 amide bonds. The minimum atomic E-state index is -4.67. The summed E-state index contributed by atoms with van der Waals surface area (Å²) in [6.07, 6.45) is -3.68. The Morgan fingerprint density at radius 1 is 1.21 bits per heavy atom. The minimum Gasteiger partial charge on any atom is -0.480 e. The first-order valence-corrected chi connectivity index (χ1v) is 7.29. The van der Waals surface area contributed by atoms with Crippen LogP contribution in [-0.4, -0.2) is 15.6 Å². The summed E-state index contributed by atoms with van der Waals surface area (Å²) in [6.45, 7) is 1.25. The lowest BCUT2D eigenvalue weighted by molar-refractivity contribution is -0.140. The zero-order chi connectivity index (χ0) is 18.2. The second kappa shape index (κ2) is 6.49. The van der Waals surface area contributed by atoms with Gasteiger partial charge in [-0.1, -0.05) is 23.2 Å². The molecule has 1 heterocycles. The number of carbonyl (C=O) groups is 1. The lowest BCUT2D eigenvalue weighted by atomic mass is 10.00. The molecule has 1 unspecified atom stereocenters. The summed E-state index contributed by atoms with van der Waals surface area (Å²) in [7, 11) is 0. The highest BCUT2D eigenvalue weighted by molar-refractivity contribution is 6.33. The molecule has 1 aromatic heterocycles. The maximum atomic E-state index is 13.2. The van der Waals surface area contributed by atoms with Crippen LogP contribution in [0, 0.1) is 0 Å². The van der Waals surface area contributed by atoms with Crippen molar-refractivity contribution in [3.63, 3.8) is 0 Å². The predicted octanol–water partition coefficient (Wildman–Crippen LogP) is 4.49. The number of nitrogens with zero attached hydrogens (tertiary/aromatic N) is 1. The average molecular weight is 380 g/mol. The molecule has 4 nitrogen and oxygen atoms in total. The zero-order valence-corrected chi connectivity index (χ0v) is 13.6. The summed E-state index contributed by atoms with van der Waals surface area (Å²) in [6, 6.07) is 2.57. The third-order valence-corrected chi connectivity index (χ3v) is 3.92. The van der Waals surface area contributed by atoms with E-state index in [0.29, 0.717) is 0 Å². The van der Waals surface area contributed by atoms with Crippen LogP contribution in [0.1, 0.15) is 18.5 Å². The summed E-state index contributed by atoms with van der Waals surface area (Å²) in [4.78, 5) is 23.1. The molecule has 2 aromatic rings. The number of halogens is 5. The van der Waals surface area contributed by atoms with Gasteiger partial charge in [-0.15, -0.1) is 0 Å². The highest BCUT2D eigenvalue weighted by Crippen LogP contribution is 2.40. The van der Waals surface area contributed by atoms with Crippen LogP contribution in [-0.2, 0) is 11.0 Å². The molecule has 128 valence electrons. The van der Waals surface area contributed by atoms with Gasteiger partial charge in [0.25, 0.3) is 5.56 Å². The van der Waals surface area contributed by atoms with Crippen molar-refractivity contribution in [1.29, 1.82) is 0 Å². The van der Waals surface area contributed by atoms with Crippen LogP contribution in [0.3, 0.4) is 0 Å². The molecule has 1 N–H and O–H groups in total. The van der Waals surface area contributed by atoms with Gasteiger partial charge >= 0.3 is 12.1 Å². The maximum absolute atomic E-state index is 13.2. The van der Waals surface area contributed by atoms with Crippen molar-refractivity contribution in [3.05, 3.63) is 56.4 Å². The van der Waals surface area contributed by atoms with Gasteiger partial charge in [0, 0.05) is 22.8 Å². The number of aromatic nitrogens is 1. The SMILES string of the molecule is CC(C(=O)O)n1cc(Cl)c(-c2cc(Cl)ccc2C(F)(F)F)cc1=O. The van der Waals surface area contributed by atoms with E-state index in [0.717, 1.165) is 35.0 Å². The highest BCUT2D eigenvalue weighted by Gasteiger charge is 2.34. The summed E-state index contributed by atoms with van der Waals surface area (Å²) in [5.74, 6) is -1.28. The quantitative estimate of drug-likeness (QED) is 0.854. The number of hydrogen-bond donors (Lipinski definition) is 1. The monoisotopic (exact) mass is 379 g/mol. The Hall–Kier alpha value is -1.99. The Labute approximate surface area is 144 Å². The smallest absolute Gasteiger partial charge is 0.417 e. The van der Waals surface area contributed by atoms with Crippen molar-refractivity contribution in [2.24, 2.45) is 0 Å². The molecular formula is C15H10Cl2F3NO3. The molecule has 0 aliphatic carbocycles. The fourth-order valence-electron chi connectivity index (χ4n) is 2.14. The largest absolute Gasteiger partial charge is 0.480 e. The molecule has 0 saturated heterocycles. The van der Waals surface area contributed by atoms with Crippen LogP contribution in [0.5, 0.6) is 0 Å². The third-order valence-electron chi connectivity index (χ3n) is 3.38. The van der Waals surface area contributed by atoms with Crippen LogP contribution in [0.25, 0.3) is 11.1 Å². The third kappa shape index (κ3) is 3.57. The van der Waals surface area contributed by atoms with E-state index in [1.807, 2.05) is 0 Å². The van der Waals surface area contributed by atoms with Crippen molar-refractivity contribution in [3.8, 4) is 11.1 Å². The first-order chi connectivity index (χ1) is 11.0. The predicted molar refractivity (Wildman–Crippen MR) is 83.5 cm³/mol. The molecule has 0 saturated carbocycles. The Kier molecular flexibility index (Phi) is 4.96. The van der Waals surface area contributed by atoms with Gasteiger partial charge in [-0.05, 0) is 30.7 Å². The van der Waals surface area contributed by atoms with E-state index < -0.39 is 29.3 Å². The Bertz CT molecular complexity index is 862. The van der Waals surface area contributed by atoms with Gasteiger partial charge in [0.15, 0.2) is 0 Å². The normalized spacial score (nSPS) is 12.9. The van der Waals surface area contributed by atoms with Crippen molar-refractivity contribution in [2.75, 3.05) is 0 Å². The van der Waals surface area contributed by atoms with Crippen LogP contribution < -0.4 is 5.56 Å². The Balaban J connectivity index is 2.72. The topological polar surface area (TPSA) is 59.3 Å². The van der Waals surface area contributed by atoms with Gasteiger partial charge in [0.1, 0.15) is 6.04 Å². The van der Waals surface area contributed by atoms with Gasteiger partial charge in [-0.3, -0.25) is 9.36 Å². The minimum absolute atomic E-state index is 0.0390. The molecule has 0 fully saturated rings. The van der Waals surface area contributed by atoms with E-state index in [1.54, 1.807) is 0 Å². The zero-order valence-electron chi connectivity index (χ0n) is 12.1. The van der Waals surface area contributed by atoms with E-state index in [1.165, 1.54) is 6.92 Å². The first kappa shape index (κ1) is 18.4. The summed E-state index contributed by atoms with van der Waals surface area (Å²) in [5, 5.41) is 8.80. The summed E-state index contributed by atoms with van der Waals surface area (Å²) < 4.78 is 40.3. The standard InChI is InChI=1S/C15H10Cl2F3NO3/c1-7(14(23)24)21-6-12(17)10(5-13(21)22)9-4-8(16)2-3-11(9)15(18,19)20/h2-7H,1H3,(H,23,24). The Morgan fingerprint density at radius 2 is 1.83 bits per heavy atom. The van der Waals surface area contributed by atoms with E-state index in [4.69, 9.17) is 28.3 Å². The van der Waals surface area contributed by atoms with E-state index >= 15 is 0 Å². The van der Waals surface area contributed by atoms with E-state index in [-0.39, 0.29) is 21.2 Å². The number of carboxylic acid groups (broad SMARTS) is 1. The first-order valence-electron chi connectivity index (χ1n) is 6.54. The summed E-state index contributed by atoms with van der Waals surface area (Å²) >= 11 is 11.8. The molecular weight excluding hydrogens is 370 g/mol. The molecule has 0 aliphatic rings. The molecule has 1 atom stereocenters. The molecule has 2 rings (SSSR count). The van der Waals surface area contributed by atoms with Crippen molar-refractivity contribution in [2.45, 2.75) is 19.1 Å². The Morgan fingerprint density at radius 3 is 2.38 bits per heavy atom. The molecule has 0 aliphatic heterocycles. The summed E-state index contributed by atoms with van der Waals surface area (Å²) in [5.41, 5.74) is -2.33. The lowest BCUT2D eigenvalue weighted by Crippen LogP contribution is -2.27. The number of aliphatic carboxylic acids is 1. The molecule has 0 radical (unpaired) electrons. The van der Waals surface area contributed by atoms with E-state index in [2.05, 4.69) is 0 Å². The van der Waals surface area contributed by atoms with Crippen LogP contribution in [0.4, 0.5) is 13.2 Å². The molecule has 0 bridgehead atoms. The van der Waals surface area contributed by atoms with Gasteiger partial charge in [0.05, 0.1) is 10.6 Å². The highest BCUT2D eigenvalue weighted by atomic mass is 35.5. The number of pyridine rings is 1. The number of rotatable bonds is 3. The van der Waals surface area contributed by atoms with Gasteiger partial charge < -0.3 is 5.11 Å². The lowest BCUT2D eigenvalue weighted by Gasteiger charge is -2.16. The van der Waals surface area contributed by atoms with Crippen LogP contribution >= 0.6 is 23.2 Å². The van der Waals surface area contributed by atoms with Crippen molar-refractivity contribution in [1.82, 2.24) is 4.57 Å². The van der Waals surface area contributed by atoms with Gasteiger partial charge in [-0.2, -0.15) is 13.2 Å². The number of benzene rings is 1. The fourth-order valence-corrected chi connectivity index (χ4v) is 2.57. The molecule has 9 heteroatoms. The van der Waals surface area contributed by atoms with Crippen molar-refractivity contribution >= 4 is 29.2 Å². The van der Waals surface area contributed by atoms with Crippen molar-refractivity contribution < 1.29 is 23.1 Å². The fraction of sp³-hybridized carbons (Fsp3) is 0.200. The maximum Gasteiger partial charge on any atom is 0.417 e. The van der Waals surface area contributed by atoms with Gasteiger partial charge in [0.2, 0.25) is 0 Å². The van der Waals surface area contributed by atoms with E-state index in [9.17, 15) is 22.8 Å². The molecule has 0 spiro atoms. The number of hydrogen-bond acceptors (Lipinski definition) is 2. The van der Waals surface area contributed by atoms with Crippen LogP contribution in [0.15, 0.2) is 35.3 Å². The number of alkyl halides is 3. The number of carboxylic acids is 1. The second-order valence-electron chi connectivity index (χ2n) is 4.98. The van der Waals surface area contributed by atoms with Crippen LogP contribution in [0.2, 0.25) is 10.0 Å².